The lowest BCUT2D eigenvalue weighted by molar-refractivity contribution is 0.102. The van der Waals surface area contributed by atoms with Gasteiger partial charge in [0.15, 0.2) is 9.84 Å². The van der Waals surface area contributed by atoms with Crippen LogP contribution in [0.1, 0.15) is 15.9 Å². The van der Waals surface area contributed by atoms with Crippen molar-refractivity contribution in [2.45, 2.75) is 5.75 Å². The minimum atomic E-state index is -3.16. The Kier molecular flexibility index (Phi) is 7.20. The number of anilines is 3. The molecule has 196 valence electrons. The number of carbonyl (C=O) groups is 1. The van der Waals surface area contributed by atoms with Gasteiger partial charge < -0.3 is 15.4 Å². The molecule has 10 heteroatoms. The van der Waals surface area contributed by atoms with Crippen molar-refractivity contribution in [2.24, 2.45) is 0 Å². The highest BCUT2D eigenvalue weighted by Crippen LogP contribution is 2.28. The van der Waals surface area contributed by atoms with Gasteiger partial charge in [-0.3, -0.25) is 4.79 Å². The normalized spacial score (nSPS) is 11.2. The van der Waals surface area contributed by atoms with Crippen molar-refractivity contribution in [1.82, 2.24) is 9.97 Å². The van der Waals surface area contributed by atoms with E-state index in [0.29, 0.717) is 39.5 Å². The fourth-order valence-corrected chi connectivity index (χ4v) is 4.82. The predicted molar refractivity (Wildman–Crippen MR) is 149 cm³/mol. The van der Waals surface area contributed by atoms with Crippen molar-refractivity contribution in [1.29, 1.82) is 0 Å². The number of amides is 1. The molecular weight excluding hydrogens is 519 g/mol. The van der Waals surface area contributed by atoms with Crippen LogP contribution in [0.5, 0.6) is 11.6 Å². The number of rotatable bonds is 8. The fourth-order valence-electron chi connectivity index (χ4n) is 4.04. The van der Waals surface area contributed by atoms with Crippen LogP contribution in [0.2, 0.25) is 0 Å². The molecule has 5 rings (SSSR count). The second-order valence-corrected chi connectivity index (χ2v) is 11.0. The molecule has 2 N–H and O–H groups in total. The zero-order valence-electron chi connectivity index (χ0n) is 20.8. The molecule has 5 aromatic rings. The summed E-state index contributed by atoms with van der Waals surface area (Å²) in [7, 11) is -3.16. The van der Waals surface area contributed by atoms with Gasteiger partial charge in [0, 0.05) is 35.5 Å². The lowest BCUT2D eigenvalue weighted by atomic mass is 10.0. The Bertz CT molecular complexity index is 1790. The predicted octanol–water partition coefficient (Wildman–Crippen LogP) is 6.10. The zero-order valence-corrected chi connectivity index (χ0v) is 21.6. The minimum absolute atomic E-state index is 0.0668. The van der Waals surface area contributed by atoms with Crippen molar-refractivity contribution >= 4 is 43.8 Å². The van der Waals surface area contributed by atoms with Crippen LogP contribution in [0.3, 0.4) is 0 Å². The van der Waals surface area contributed by atoms with E-state index in [2.05, 4.69) is 20.6 Å². The summed E-state index contributed by atoms with van der Waals surface area (Å²) in [6.07, 6.45) is 2.73. The molecule has 0 radical (unpaired) electrons. The summed E-state index contributed by atoms with van der Waals surface area (Å²) in [5, 5.41) is 7.27. The minimum Gasteiger partial charge on any atom is -0.439 e. The first-order chi connectivity index (χ1) is 18.7. The number of hydrogen-bond donors (Lipinski definition) is 2. The zero-order chi connectivity index (χ0) is 27.4. The maximum atomic E-state index is 13.5. The maximum Gasteiger partial charge on any atom is 0.256 e. The van der Waals surface area contributed by atoms with Gasteiger partial charge in [0.25, 0.3) is 5.91 Å². The third-order valence-corrected chi connectivity index (χ3v) is 6.50. The lowest BCUT2D eigenvalue weighted by Crippen LogP contribution is -2.12. The first kappa shape index (κ1) is 25.8. The lowest BCUT2D eigenvalue weighted by Gasteiger charge is -2.11. The van der Waals surface area contributed by atoms with Gasteiger partial charge >= 0.3 is 0 Å². The molecule has 1 aromatic heterocycles. The molecular formula is C29H23FN4O4S. The topological polar surface area (TPSA) is 110 Å². The van der Waals surface area contributed by atoms with E-state index in [9.17, 15) is 17.6 Å². The van der Waals surface area contributed by atoms with E-state index in [1.807, 2.05) is 6.07 Å². The number of fused-ring (bicyclic) bond motifs is 1. The Morgan fingerprint density at radius 3 is 2.54 bits per heavy atom. The van der Waals surface area contributed by atoms with Crippen molar-refractivity contribution in [3.63, 3.8) is 0 Å². The summed E-state index contributed by atoms with van der Waals surface area (Å²) in [4.78, 5) is 21.5. The van der Waals surface area contributed by atoms with Crippen LogP contribution in [0.4, 0.5) is 21.7 Å². The van der Waals surface area contributed by atoms with Crippen LogP contribution in [-0.4, -0.2) is 30.5 Å². The molecule has 39 heavy (non-hydrogen) atoms. The molecule has 0 unspecified atom stereocenters. The number of nitrogens with one attached hydrogen (secondary N) is 2. The van der Waals surface area contributed by atoms with Gasteiger partial charge in [-0.15, -0.1) is 0 Å². The molecule has 0 fully saturated rings. The number of nitrogens with zero attached hydrogens (tertiary/aromatic N) is 2. The molecule has 0 aliphatic carbocycles. The molecule has 0 bridgehead atoms. The molecule has 8 nitrogen and oxygen atoms in total. The summed E-state index contributed by atoms with van der Waals surface area (Å²) in [6.45, 7) is 0. The number of benzene rings is 4. The van der Waals surface area contributed by atoms with E-state index in [-0.39, 0.29) is 17.6 Å². The smallest absolute Gasteiger partial charge is 0.256 e. The van der Waals surface area contributed by atoms with Crippen LogP contribution in [-0.2, 0) is 15.6 Å². The molecule has 0 aliphatic heterocycles. The molecule has 1 heterocycles. The van der Waals surface area contributed by atoms with Gasteiger partial charge in [-0.1, -0.05) is 30.3 Å². The quantitative estimate of drug-likeness (QED) is 0.244. The molecule has 0 aliphatic rings. The standard InChI is InChI=1S/C29H23FN4O4S/c1-39(36,37)18-19-5-2-8-22(15-19)33-29-31-14-13-27(34-29)38-24-11-12-25-20(16-24)6-3-10-26(25)28(35)32-23-9-4-7-21(30)17-23/h2-17H,18H2,1H3,(H,32,35)(H,31,33,34). The van der Waals surface area contributed by atoms with Gasteiger partial charge in [-0.25, -0.2) is 17.8 Å². The largest absolute Gasteiger partial charge is 0.439 e. The second-order valence-electron chi connectivity index (χ2n) is 8.87. The molecule has 0 saturated carbocycles. The van der Waals surface area contributed by atoms with Crippen LogP contribution < -0.4 is 15.4 Å². The van der Waals surface area contributed by atoms with Crippen LogP contribution >= 0.6 is 0 Å². The monoisotopic (exact) mass is 542 g/mol. The van der Waals surface area contributed by atoms with Crippen molar-refractivity contribution < 1.29 is 22.3 Å². The van der Waals surface area contributed by atoms with Gasteiger partial charge in [-0.05, 0) is 70.9 Å². The Morgan fingerprint density at radius 2 is 1.72 bits per heavy atom. The van der Waals surface area contributed by atoms with Crippen LogP contribution in [0.15, 0.2) is 97.2 Å². The van der Waals surface area contributed by atoms with E-state index in [0.717, 1.165) is 5.39 Å². The molecule has 0 saturated heterocycles. The van der Waals surface area contributed by atoms with Crippen LogP contribution in [0, 0.1) is 5.82 Å². The van der Waals surface area contributed by atoms with Crippen molar-refractivity contribution in [3.05, 3.63) is 114 Å². The number of ether oxygens (including phenoxy) is 1. The van der Waals surface area contributed by atoms with Crippen molar-refractivity contribution in [2.75, 3.05) is 16.9 Å². The highest BCUT2D eigenvalue weighted by atomic mass is 32.2. The Morgan fingerprint density at radius 1 is 0.923 bits per heavy atom. The van der Waals surface area contributed by atoms with Gasteiger partial charge in [-0.2, -0.15) is 4.98 Å². The molecule has 0 atom stereocenters. The highest BCUT2D eigenvalue weighted by molar-refractivity contribution is 7.89. The van der Waals surface area contributed by atoms with Crippen molar-refractivity contribution in [3.8, 4) is 11.6 Å². The number of aromatic nitrogens is 2. The van der Waals surface area contributed by atoms with Gasteiger partial charge in [0.2, 0.25) is 11.8 Å². The first-order valence-electron chi connectivity index (χ1n) is 11.9. The number of carbonyl (C=O) groups excluding carboxylic acids is 1. The fraction of sp³-hybridized carbons (Fsp3) is 0.0690. The average Bonchev–Trinajstić information content (AvgIpc) is 2.88. The molecule has 4 aromatic carbocycles. The number of sulfone groups is 1. The van der Waals surface area contributed by atoms with Crippen LogP contribution in [0.25, 0.3) is 10.8 Å². The maximum absolute atomic E-state index is 13.5. The van der Waals surface area contributed by atoms with E-state index in [4.69, 9.17) is 4.74 Å². The molecule has 0 spiro atoms. The summed E-state index contributed by atoms with van der Waals surface area (Å²) in [6, 6.07) is 24.9. The Hall–Kier alpha value is -4.83. The van der Waals surface area contributed by atoms with Gasteiger partial charge in [0.05, 0.1) is 5.75 Å². The average molecular weight is 543 g/mol. The summed E-state index contributed by atoms with van der Waals surface area (Å²) >= 11 is 0. The summed E-state index contributed by atoms with van der Waals surface area (Å²) in [5.74, 6) is 0.219. The van der Waals surface area contributed by atoms with E-state index in [1.54, 1.807) is 72.9 Å². The van der Waals surface area contributed by atoms with E-state index >= 15 is 0 Å². The number of hydrogen-bond acceptors (Lipinski definition) is 7. The Labute approximate surface area is 224 Å². The number of halogens is 1. The first-order valence-corrected chi connectivity index (χ1v) is 13.9. The Balaban J connectivity index is 1.32. The highest BCUT2D eigenvalue weighted by Gasteiger charge is 2.12. The third kappa shape index (κ3) is 6.74. The summed E-state index contributed by atoms with van der Waals surface area (Å²) < 4.78 is 42.7. The second kappa shape index (κ2) is 10.9. The van der Waals surface area contributed by atoms with Gasteiger partial charge in [0.1, 0.15) is 11.6 Å². The molecule has 1 amide bonds. The van der Waals surface area contributed by atoms with E-state index < -0.39 is 15.7 Å². The third-order valence-electron chi connectivity index (χ3n) is 5.64. The SMILES string of the molecule is CS(=O)(=O)Cc1cccc(Nc2nccc(Oc3ccc4c(C(=O)Nc5cccc(F)c5)cccc4c3)n2)c1. The van der Waals surface area contributed by atoms with E-state index in [1.165, 1.54) is 24.5 Å². The summed E-state index contributed by atoms with van der Waals surface area (Å²) in [5.41, 5.74) is 2.10.